The Hall–Kier alpha value is -1.87. The number of piperidine rings is 1. The minimum atomic E-state index is -3.55. The Bertz CT molecular complexity index is 1060. The van der Waals surface area contributed by atoms with Crippen molar-refractivity contribution in [1.82, 2.24) is 9.21 Å². The van der Waals surface area contributed by atoms with Crippen LogP contribution in [0.2, 0.25) is 0 Å². The number of sulfonamides is 1. The van der Waals surface area contributed by atoms with Crippen molar-refractivity contribution in [2.45, 2.75) is 47.9 Å². The molecular formula is C24H31N3O3S2. The first kappa shape index (κ1) is 23.3. The minimum Gasteiger partial charge on any atom is -0.325 e. The molecule has 0 unspecified atom stereocenters. The van der Waals surface area contributed by atoms with Gasteiger partial charge in [0.25, 0.3) is 0 Å². The van der Waals surface area contributed by atoms with Crippen LogP contribution in [0, 0.1) is 0 Å². The first-order valence-electron chi connectivity index (χ1n) is 11.1. The smallest absolute Gasteiger partial charge is 0.243 e. The Labute approximate surface area is 195 Å². The number of carbonyl (C=O) groups is 1. The number of benzene rings is 2. The van der Waals surface area contributed by atoms with Gasteiger partial charge in [-0.2, -0.15) is 4.31 Å². The molecule has 0 bridgehead atoms. The molecule has 0 radical (unpaired) electrons. The normalized spacial score (nSPS) is 17.5. The average Bonchev–Trinajstić information content (AvgIpc) is 3.26. The number of nitrogens with zero attached hydrogens (tertiary/aromatic N) is 2. The molecule has 2 aromatic rings. The lowest BCUT2D eigenvalue weighted by molar-refractivity contribution is -0.113. The standard InChI is InChI=1S/C24H31N3O3S2/c1-26-14-12-21(13-15-26)27(2)32(29,30)23-10-7-20(8-11-23)25-24(28)17-31-22-9-6-18-4-3-5-19(18)16-22/h6-11,16,21H,3-5,12-15,17H2,1-2H3,(H,25,28). The van der Waals surface area contributed by atoms with E-state index in [1.54, 1.807) is 31.3 Å². The molecule has 4 rings (SSSR count). The van der Waals surface area contributed by atoms with Crippen LogP contribution in [0.4, 0.5) is 5.69 Å². The quantitative estimate of drug-likeness (QED) is 0.622. The number of thioether (sulfide) groups is 1. The fraction of sp³-hybridized carbons (Fsp3) is 0.458. The van der Waals surface area contributed by atoms with E-state index in [9.17, 15) is 13.2 Å². The van der Waals surface area contributed by atoms with E-state index in [1.165, 1.54) is 33.6 Å². The largest absolute Gasteiger partial charge is 0.325 e. The van der Waals surface area contributed by atoms with Crippen LogP contribution in [0.5, 0.6) is 0 Å². The van der Waals surface area contributed by atoms with Gasteiger partial charge in [0.05, 0.1) is 10.6 Å². The van der Waals surface area contributed by atoms with Crippen molar-refractivity contribution in [3.05, 3.63) is 53.6 Å². The fourth-order valence-electron chi connectivity index (χ4n) is 4.42. The number of rotatable bonds is 7. The number of anilines is 1. The molecule has 32 heavy (non-hydrogen) atoms. The molecule has 0 aromatic heterocycles. The molecule has 172 valence electrons. The van der Waals surface area contributed by atoms with Gasteiger partial charge in [-0.15, -0.1) is 11.8 Å². The number of carbonyl (C=O) groups excluding carboxylic acids is 1. The zero-order valence-electron chi connectivity index (χ0n) is 18.7. The van der Waals surface area contributed by atoms with Gasteiger partial charge in [-0.1, -0.05) is 6.07 Å². The number of fused-ring (bicyclic) bond motifs is 1. The highest BCUT2D eigenvalue weighted by atomic mass is 32.2. The number of nitrogens with one attached hydrogen (secondary N) is 1. The molecule has 1 saturated heterocycles. The molecule has 1 amide bonds. The summed E-state index contributed by atoms with van der Waals surface area (Å²) < 4.78 is 27.5. The third kappa shape index (κ3) is 5.36. The van der Waals surface area contributed by atoms with Crippen molar-refractivity contribution in [1.29, 1.82) is 0 Å². The Morgan fingerprint density at radius 2 is 1.78 bits per heavy atom. The van der Waals surface area contributed by atoms with Crippen LogP contribution in [0.25, 0.3) is 0 Å². The van der Waals surface area contributed by atoms with E-state index in [-0.39, 0.29) is 16.8 Å². The molecule has 1 heterocycles. The maximum atomic E-state index is 13.0. The van der Waals surface area contributed by atoms with Gasteiger partial charge in [0.2, 0.25) is 15.9 Å². The van der Waals surface area contributed by atoms with Crippen LogP contribution in [-0.2, 0) is 27.7 Å². The van der Waals surface area contributed by atoms with Gasteiger partial charge in [0, 0.05) is 23.7 Å². The molecule has 1 N–H and O–H groups in total. The zero-order chi connectivity index (χ0) is 22.7. The summed E-state index contributed by atoms with van der Waals surface area (Å²) in [5, 5.41) is 2.87. The van der Waals surface area contributed by atoms with Crippen molar-refractivity contribution >= 4 is 33.4 Å². The predicted octanol–water partition coefficient (Wildman–Crippen LogP) is 3.62. The zero-order valence-corrected chi connectivity index (χ0v) is 20.3. The van der Waals surface area contributed by atoms with Crippen molar-refractivity contribution in [3.63, 3.8) is 0 Å². The van der Waals surface area contributed by atoms with E-state index < -0.39 is 10.0 Å². The Balaban J connectivity index is 1.32. The Morgan fingerprint density at radius 1 is 1.09 bits per heavy atom. The highest BCUT2D eigenvalue weighted by Gasteiger charge is 2.30. The van der Waals surface area contributed by atoms with Crippen LogP contribution in [-0.4, -0.2) is 62.5 Å². The molecule has 1 aliphatic heterocycles. The van der Waals surface area contributed by atoms with Gasteiger partial charge in [-0.25, -0.2) is 8.42 Å². The van der Waals surface area contributed by atoms with E-state index >= 15 is 0 Å². The molecule has 0 atom stereocenters. The Morgan fingerprint density at radius 3 is 2.50 bits per heavy atom. The topological polar surface area (TPSA) is 69.7 Å². The number of hydrogen-bond acceptors (Lipinski definition) is 5. The van der Waals surface area contributed by atoms with Gasteiger partial charge in [-0.05, 0) is 99.8 Å². The number of hydrogen-bond donors (Lipinski definition) is 1. The fourth-order valence-corrected chi connectivity index (χ4v) is 6.59. The summed E-state index contributed by atoms with van der Waals surface area (Å²) in [5.74, 6) is 0.215. The maximum absolute atomic E-state index is 13.0. The summed E-state index contributed by atoms with van der Waals surface area (Å²) in [4.78, 5) is 16.0. The lowest BCUT2D eigenvalue weighted by Gasteiger charge is -2.34. The van der Waals surface area contributed by atoms with Gasteiger partial charge in [-0.3, -0.25) is 4.79 Å². The van der Waals surface area contributed by atoms with E-state index in [0.717, 1.165) is 43.7 Å². The lowest BCUT2D eigenvalue weighted by Crippen LogP contribution is -2.44. The number of amides is 1. The first-order chi connectivity index (χ1) is 15.3. The van der Waals surface area contributed by atoms with E-state index in [0.29, 0.717) is 11.4 Å². The van der Waals surface area contributed by atoms with Crippen molar-refractivity contribution < 1.29 is 13.2 Å². The van der Waals surface area contributed by atoms with Crippen LogP contribution in [0.3, 0.4) is 0 Å². The van der Waals surface area contributed by atoms with Crippen molar-refractivity contribution in [3.8, 4) is 0 Å². The van der Waals surface area contributed by atoms with Gasteiger partial charge < -0.3 is 10.2 Å². The van der Waals surface area contributed by atoms with Crippen LogP contribution in [0.15, 0.2) is 52.3 Å². The molecule has 6 nitrogen and oxygen atoms in total. The second-order valence-corrected chi connectivity index (χ2v) is 11.7. The highest BCUT2D eigenvalue weighted by Crippen LogP contribution is 2.28. The van der Waals surface area contributed by atoms with Crippen molar-refractivity contribution in [2.24, 2.45) is 0 Å². The molecule has 0 saturated carbocycles. The van der Waals surface area contributed by atoms with Crippen LogP contribution >= 0.6 is 11.8 Å². The van der Waals surface area contributed by atoms with E-state index in [4.69, 9.17) is 0 Å². The second-order valence-electron chi connectivity index (χ2n) is 8.70. The van der Waals surface area contributed by atoms with Gasteiger partial charge in [0.1, 0.15) is 0 Å². The summed E-state index contributed by atoms with van der Waals surface area (Å²) >= 11 is 1.52. The molecule has 2 aromatic carbocycles. The first-order valence-corrected chi connectivity index (χ1v) is 13.6. The molecule has 1 fully saturated rings. The molecule has 0 spiro atoms. The van der Waals surface area contributed by atoms with Crippen LogP contribution in [0.1, 0.15) is 30.4 Å². The predicted molar refractivity (Wildman–Crippen MR) is 130 cm³/mol. The summed E-state index contributed by atoms with van der Waals surface area (Å²) in [6.07, 6.45) is 5.16. The van der Waals surface area contributed by atoms with Gasteiger partial charge >= 0.3 is 0 Å². The number of aryl methyl sites for hydroxylation is 2. The van der Waals surface area contributed by atoms with Crippen molar-refractivity contribution in [2.75, 3.05) is 38.3 Å². The second kappa shape index (κ2) is 9.95. The molecule has 8 heteroatoms. The molecular weight excluding hydrogens is 442 g/mol. The van der Waals surface area contributed by atoms with E-state index in [1.807, 2.05) is 0 Å². The summed E-state index contributed by atoms with van der Waals surface area (Å²) in [6.45, 7) is 1.80. The van der Waals surface area contributed by atoms with Gasteiger partial charge in [0.15, 0.2) is 0 Å². The lowest BCUT2D eigenvalue weighted by atomic mass is 10.1. The third-order valence-electron chi connectivity index (χ3n) is 6.46. The Kier molecular flexibility index (Phi) is 7.24. The molecule has 2 aliphatic rings. The summed E-state index contributed by atoms with van der Waals surface area (Å²) in [7, 11) is 0.167. The number of likely N-dealkylation sites (tertiary alicyclic amines) is 1. The maximum Gasteiger partial charge on any atom is 0.243 e. The van der Waals surface area contributed by atoms with Crippen LogP contribution < -0.4 is 5.32 Å². The summed E-state index contributed by atoms with van der Waals surface area (Å²) in [6, 6.07) is 12.9. The highest BCUT2D eigenvalue weighted by molar-refractivity contribution is 8.00. The van der Waals surface area contributed by atoms with E-state index in [2.05, 4.69) is 35.5 Å². The molecule has 1 aliphatic carbocycles. The minimum absolute atomic E-state index is 0.0202. The average molecular weight is 474 g/mol. The summed E-state index contributed by atoms with van der Waals surface area (Å²) in [5.41, 5.74) is 3.43. The third-order valence-corrected chi connectivity index (χ3v) is 9.38. The SMILES string of the molecule is CN1CCC(N(C)S(=O)(=O)c2ccc(NC(=O)CSc3ccc4c(c3)CCC4)cc2)CC1. The monoisotopic (exact) mass is 473 g/mol.